The largest absolute Gasteiger partial charge is 0.462 e. The van der Waals surface area contributed by atoms with Crippen molar-refractivity contribution in [2.45, 2.75) is 116 Å². The molecule has 6 atom stereocenters. The molecule has 6 rings (SSSR count). The van der Waals surface area contributed by atoms with E-state index < -0.39 is 11.5 Å². The van der Waals surface area contributed by atoms with Gasteiger partial charge >= 0.3 is 5.97 Å². The Hall–Kier alpha value is -3.25. The van der Waals surface area contributed by atoms with Crippen LogP contribution in [-0.2, 0) is 19.9 Å². The zero-order chi connectivity index (χ0) is 32.4. The minimum atomic E-state index is -1.85. The van der Waals surface area contributed by atoms with Crippen LogP contribution in [0.3, 0.4) is 0 Å². The number of carbonyl (C=O) groups is 2. The molecule has 246 valence electrons. The summed E-state index contributed by atoms with van der Waals surface area (Å²) in [7, 11) is 0. The van der Waals surface area contributed by atoms with Gasteiger partial charge in [0.2, 0.25) is 0 Å². The maximum absolute atomic E-state index is 13.6. The number of fused-ring (bicyclic) bond motifs is 5. The van der Waals surface area contributed by atoms with E-state index in [1.165, 1.54) is 24.8 Å². The maximum atomic E-state index is 13.6. The van der Waals surface area contributed by atoms with Crippen LogP contribution in [0.1, 0.15) is 115 Å². The van der Waals surface area contributed by atoms with Gasteiger partial charge in [-0.05, 0) is 98.2 Å². The van der Waals surface area contributed by atoms with E-state index in [1.807, 2.05) is 36.4 Å². The molecular formula is C40H52N2O4. The molecule has 0 aliphatic heterocycles. The average molecular weight is 625 g/mol. The Kier molecular flexibility index (Phi) is 9.57. The summed E-state index contributed by atoms with van der Waals surface area (Å²) >= 11 is 0. The van der Waals surface area contributed by atoms with E-state index in [0.717, 1.165) is 63.5 Å². The minimum absolute atomic E-state index is 0.00286. The van der Waals surface area contributed by atoms with Crippen LogP contribution in [-0.4, -0.2) is 28.8 Å². The van der Waals surface area contributed by atoms with E-state index in [1.54, 1.807) is 24.3 Å². The zero-order valence-corrected chi connectivity index (χ0v) is 28.0. The standard InChI is InChI=1S/C40H52N2O4/c1-4-5-6-13-18-36(43)46-35-22-21-33-32-20-19-30-27-31(23-25-38(30,2)34(32)24-26-39(33,35)3)41-42-37(44)40(45,28-14-9-7-10-15-28)29-16-11-8-12-17-29/h7-12,14-17,27,32-35,45H,4-6,13,18-26H2,1-3H3,(H,42,44). The molecule has 0 saturated heterocycles. The third kappa shape index (κ3) is 5.98. The Labute approximate surface area is 275 Å². The molecule has 2 aromatic rings. The van der Waals surface area contributed by atoms with Crippen molar-refractivity contribution in [3.8, 4) is 0 Å². The van der Waals surface area contributed by atoms with Crippen molar-refractivity contribution < 1.29 is 19.4 Å². The summed E-state index contributed by atoms with van der Waals surface area (Å²) < 4.78 is 6.20. The van der Waals surface area contributed by atoms with Crippen molar-refractivity contribution in [1.29, 1.82) is 0 Å². The van der Waals surface area contributed by atoms with Gasteiger partial charge in [0.1, 0.15) is 6.10 Å². The number of unbranched alkanes of at least 4 members (excludes halogenated alkanes) is 3. The highest BCUT2D eigenvalue weighted by atomic mass is 16.5. The van der Waals surface area contributed by atoms with E-state index in [0.29, 0.717) is 35.3 Å². The smallest absolute Gasteiger partial charge is 0.306 e. The van der Waals surface area contributed by atoms with Gasteiger partial charge in [-0.2, -0.15) is 5.10 Å². The van der Waals surface area contributed by atoms with Gasteiger partial charge in [0.25, 0.3) is 5.91 Å². The number of ether oxygens (including phenoxy) is 1. The highest BCUT2D eigenvalue weighted by molar-refractivity contribution is 5.98. The molecule has 2 N–H and O–H groups in total. The number of allylic oxidation sites excluding steroid dienone is 2. The van der Waals surface area contributed by atoms with Gasteiger partial charge in [0.05, 0.1) is 5.71 Å². The molecule has 2 aromatic carbocycles. The first-order valence-electron chi connectivity index (χ1n) is 17.8. The minimum Gasteiger partial charge on any atom is -0.462 e. The van der Waals surface area contributed by atoms with Crippen LogP contribution in [0.25, 0.3) is 0 Å². The number of esters is 1. The van der Waals surface area contributed by atoms with Crippen LogP contribution in [0.15, 0.2) is 77.4 Å². The third-order valence-corrected chi connectivity index (χ3v) is 12.4. The highest BCUT2D eigenvalue weighted by Crippen LogP contribution is 2.65. The molecule has 4 aliphatic rings. The molecule has 6 nitrogen and oxygen atoms in total. The second kappa shape index (κ2) is 13.5. The van der Waals surface area contributed by atoms with Crippen LogP contribution < -0.4 is 5.43 Å². The zero-order valence-electron chi connectivity index (χ0n) is 28.0. The Morgan fingerprint density at radius 2 is 1.59 bits per heavy atom. The molecule has 0 heterocycles. The SMILES string of the molecule is CCCCCCC(=O)OC1CCC2C3CCC4=CC(=NNC(=O)C(O)(c5ccccc5)c5ccccc5)CCC4(C)C3CCC12C. The summed E-state index contributed by atoms with van der Waals surface area (Å²) in [5, 5.41) is 16.4. The number of carbonyl (C=O) groups excluding carboxylic acids is 2. The lowest BCUT2D eigenvalue weighted by Crippen LogP contribution is -2.51. The Morgan fingerprint density at radius 3 is 2.26 bits per heavy atom. The summed E-state index contributed by atoms with van der Waals surface area (Å²) in [6.45, 7) is 7.06. The molecule has 3 saturated carbocycles. The number of aliphatic hydroxyl groups is 1. The number of nitrogens with zero attached hydrogens (tertiary/aromatic N) is 1. The molecule has 0 aromatic heterocycles. The van der Waals surface area contributed by atoms with Crippen molar-refractivity contribution in [2.24, 2.45) is 33.7 Å². The topological polar surface area (TPSA) is 88.0 Å². The highest BCUT2D eigenvalue weighted by Gasteiger charge is 2.60. The summed E-state index contributed by atoms with van der Waals surface area (Å²) in [6, 6.07) is 18.1. The number of hydrazone groups is 1. The Morgan fingerprint density at radius 1 is 0.891 bits per heavy atom. The number of hydrogen-bond acceptors (Lipinski definition) is 5. The lowest BCUT2D eigenvalue weighted by Gasteiger charge is -2.58. The second-order valence-electron chi connectivity index (χ2n) is 14.9. The first-order valence-corrected chi connectivity index (χ1v) is 17.8. The van der Waals surface area contributed by atoms with Crippen LogP contribution >= 0.6 is 0 Å². The second-order valence-corrected chi connectivity index (χ2v) is 14.9. The van der Waals surface area contributed by atoms with Gasteiger partial charge in [0, 0.05) is 11.8 Å². The first-order chi connectivity index (χ1) is 22.2. The molecule has 6 heteroatoms. The molecule has 0 radical (unpaired) electrons. The molecule has 4 aliphatic carbocycles. The number of benzene rings is 2. The van der Waals surface area contributed by atoms with Crippen molar-refractivity contribution in [2.75, 3.05) is 0 Å². The lowest BCUT2D eigenvalue weighted by atomic mass is 9.47. The van der Waals surface area contributed by atoms with E-state index >= 15 is 0 Å². The van der Waals surface area contributed by atoms with Gasteiger partial charge in [-0.15, -0.1) is 0 Å². The van der Waals surface area contributed by atoms with Crippen LogP contribution in [0.5, 0.6) is 0 Å². The summed E-state index contributed by atoms with van der Waals surface area (Å²) in [5.41, 5.74) is 4.43. The van der Waals surface area contributed by atoms with E-state index in [4.69, 9.17) is 4.74 Å². The van der Waals surface area contributed by atoms with Gasteiger partial charge in [-0.25, -0.2) is 5.43 Å². The molecule has 6 unspecified atom stereocenters. The molecule has 0 spiro atoms. The van der Waals surface area contributed by atoms with Crippen molar-refractivity contribution >= 4 is 17.6 Å². The van der Waals surface area contributed by atoms with Gasteiger partial charge in [-0.1, -0.05) is 106 Å². The molecular weight excluding hydrogens is 572 g/mol. The number of rotatable bonds is 10. The van der Waals surface area contributed by atoms with E-state index in [9.17, 15) is 14.7 Å². The monoisotopic (exact) mass is 624 g/mol. The predicted octanol–water partition coefficient (Wildman–Crippen LogP) is 8.24. The first kappa shape index (κ1) is 32.7. The maximum Gasteiger partial charge on any atom is 0.306 e. The number of amides is 1. The summed E-state index contributed by atoms with van der Waals surface area (Å²) in [5.74, 6) is 1.32. The van der Waals surface area contributed by atoms with Gasteiger partial charge in [0.15, 0.2) is 5.60 Å². The lowest BCUT2D eigenvalue weighted by molar-refractivity contribution is -0.160. The fourth-order valence-electron chi connectivity index (χ4n) is 9.71. The molecule has 3 fully saturated rings. The van der Waals surface area contributed by atoms with Crippen LogP contribution in [0, 0.1) is 28.6 Å². The molecule has 0 bridgehead atoms. The van der Waals surface area contributed by atoms with Crippen molar-refractivity contribution in [3.63, 3.8) is 0 Å². The Bertz CT molecular complexity index is 1410. The average Bonchev–Trinajstić information content (AvgIpc) is 3.41. The summed E-state index contributed by atoms with van der Waals surface area (Å²) in [4.78, 5) is 26.4. The van der Waals surface area contributed by atoms with Crippen LogP contribution in [0.4, 0.5) is 0 Å². The fraction of sp³-hybridized carbons (Fsp3) is 0.575. The molecule has 1 amide bonds. The van der Waals surface area contributed by atoms with Gasteiger partial charge in [-0.3, -0.25) is 9.59 Å². The van der Waals surface area contributed by atoms with Gasteiger partial charge < -0.3 is 9.84 Å². The number of nitrogens with one attached hydrogen (secondary N) is 1. The fourth-order valence-corrected chi connectivity index (χ4v) is 9.71. The quantitative estimate of drug-likeness (QED) is 0.158. The van der Waals surface area contributed by atoms with E-state index in [-0.39, 0.29) is 22.9 Å². The third-order valence-electron chi connectivity index (χ3n) is 12.4. The number of hydrogen-bond donors (Lipinski definition) is 2. The van der Waals surface area contributed by atoms with Crippen molar-refractivity contribution in [3.05, 3.63) is 83.4 Å². The normalized spacial score (nSPS) is 31.3. The van der Waals surface area contributed by atoms with Crippen LogP contribution in [0.2, 0.25) is 0 Å². The molecule has 46 heavy (non-hydrogen) atoms. The summed E-state index contributed by atoms with van der Waals surface area (Å²) in [6.07, 6.45) is 15.7. The van der Waals surface area contributed by atoms with E-state index in [2.05, 4.69) is 37.4 Å². The predicted molar refractivity (Wildman–Crippen MR) is 182 cm³/mol. The van der Waals surface area contributed by atoms with Crippen molar-refractivity contribution in [1.82, 2.24) is 5.43 Å². The Balaban J connectivity index is 1.14.